The molecule has 1 aliphatic rings. The Hall–Kier alpha value is -1.39. The summed E-state index contributed by atoms with van der Waals surface area (Å²) in [6.45, 7) is 7.81. The minimum atomic E-state index is 0.0867. The molecule has 0 aromatic heterocycles. The molecule has 1 aromatic rings. The number of rotatable bonds is 7. The third kappa shape index (κ3) is 4.83. The third-order valence-electron chi connectivity index (χ3n) is 4.03. The van der Waals surface area contributed by atoms with Gasteiger partial charge in [0.15, 0.2) is 0 Å². The molecular weight excluding hydrogens is 262 g/mol. The lowest BCUT2D eigenvalue weighted by Crippen LogP contribution is -2.42. The summed E-state index contributed by atoms with van der Waals surface area (Å²) in [7, 11) is 0. The molecule has 0 bridgehead atoms. The first kappa shape index (κ1) is 16.0. The highest BCUT2D eigenvalue weighted by molar-refractivity contribution is 5.92. The number of nitrogens with one attached hydrogen (secondary N) is 2. The Kier molecular flexibility index (Phi) is 6.21. The molecule has 2 N–H and O–H groups in total. The quantitative estimate of drug-likeness (QED) is 0.809. The predicted octanol–water partition coefficient (Wildman–Crippen LogP) is 2.26. The van der Waals surface area contributed by atoms with Crippen molar-refractivity contribution in [3.8, 4) is 0 Å². The van der Waals surface area contributed by atoms with Crippen molar-refractivity contribution in [3.05, 3.63) is 29.8 Å². The Morgan fingerprint density at radius 3 is 2.95 bits per heavy atom. The SMILES string of the molecule is CCCN(CC(=O)Nc1cccc(CC)c1)C1CCNC1. The van der Waals surface area contributed by atoms with Crippen LogP contribution in [0.3, 0.4) is 0 Å². The van der Waals surface area contributed by atoms with Crippen LogP contribution in [0.1, 0.15) is 32.3 Å². The maximum atomic E-state index is 12.3. The topological polar surface area (TPSA) is 44.4 Å². The van der Waals surface area contributed by atoms with Crippen molar-refractivity contribution in [1.29, 1.82) is 0 Å². The van der Waals surface area contributed by atoms with Gasteiger partial charge in [0.1, 0.15) is 0 Å². The Balaban J connectivity index is 1.91. The van der Waals surface area contributed by atoms with E-state index in [9.17, 15) is 4.79 Å². The highest BCUT2D eigenvalue weighted by atomic mass is 16.2. The third-order valence-corrected chi connectivity index (χ3v) is 4.03. The second-order valence-electron chi connectivity index (χ2n) is 5.72. The van der Waals surface area contributed by atoms with E-state index in [2.05, 4.69) is 41.5 Å². The molecule has 2 rings (SSSR count). The van der Waals surface area contributed by atoms with Gasteiger partial charge in [0.25, 0.3) is 0 Å². The Labute approximate surface area is 127 Å². The fourth-order valence-electron chi connectivity index (χ4n) is 2.88. The van der Waals surface area contributed by atoms with Crippen LogP contribution in [0.15, 0.2) is 24.3 Å². The van der Waals surface area contributed by atoms with Crippen molar-refractivity contribution in [2.45, 2.75) is 39.2 Å². The highest BCUT2D eigenvalue weighted by Gasteiger charge is 2.23. The molecule has 1 heterocycles. The largest absolute Gasteiger partial charge is 0.325 e. The van der Waals surface area contributed by atoms with E-state index in [-0.39, 0.29) is 5.91 Å². The Morgan fingerprint density at radius 1 is 1.43 bits per heavy atom. The monoisotopic (exact) mass is 289 g/mol. The summed E-state index contributed by atoms with van der Waals surface area (Å²) < 4.78 is 0. The van der Waals surface area contributed by atoms with E-state index in [4.69, 9.17) is 0 Å². The first-order valence-electron chi connectivity index (χ1n) is 8.06. The molecule has 0 spiro atoms. The molecule has 1 unspecified atom stereocenters. The van der Waals surface area contributed by atoms with Gasteiger partial charge < -0.3 is 10.6 Å². The van der Waals surface area contributed by atoms with Gasteiger partial charge >= 0.3 is 0 Å². The maximum absolute atomic E-state index is 12.3. The second kappa shape index (κ2) is 8.15. The van der Waals surface area contributed by atoms with E-state index < -0.39 is 0 Å². The van der Waals surface area contributed by atoms with Crippen molar-refractivity contribution < 1.29 is 4.79 Å². The Bertz CT molecular complexity index is 455. The van der Waals surface area contributed by atoms with Crippen molar-refractivity contribution >= 4 is 11.6 Å². The van der Waals surface area contributed by atoms with E-state index in [0.29, 0.717) is 12.6 Å². The lowest BCUT2D eigenvalue weighted by atomic mass is 10.1. The van der Waals surface area contributed by atoms with Crippen LogP contribution in [0.4, 0.5) is 5.69 Å². The summed E-state index contributed by atoms with van der Waals surface area (Å²) in [5, 5.41) is 6.40. The zero-order valence-corrected chi connectivity index (χ0v) is 13.2. The number of benzene rings is 1. The van der Waals surface area contributed by atoms with E-state index in [0.717, 1.165) is 44.6 Å². The number of aryl methyl sites for hydroxylation is 1. The van der Waals surface area contributed by atoms with Crippen LogP contribution < -0.4 is 10.6 Å². The molecule has 1 fully saturated rings. The lowest BCUT2D eigenvalue weighted by molar-refractivity contribution is -0.117. The van der Waals surface area contributed by atoms with E-state index in [1.165, 1.54) is 5.56 Å². The fraction of sp³-hybridized carbons (Fsp3) is 0.588. The van der Waals surface area contributed by atoms with E-state index in [1.807, 2.05) is 12.1 Å². The molecule has 1 amide bonds. The average molecular weight is 289 g/mol. The molecule has 1 aromatic carbocycles. The first-order chi connectivity index (χ1) is 10.2. The maximum Gasteiger partial charge on any atom is 0.238 e. The first-order valence-corrected chi connectivity index (χ1v) is 8.06. The van der Waals surface area contributed by atoms with Crippen LogP contribution in [0.5, 0.6) is 0 Å². The summed E-state index contributed by atoms with van der Waals surface area (Å²) in [4.78, 5) is 14.6. The summed E-state index contributed by atoms with van der Waals surface area (Å²) >= 11 is 0. The van der Waals surface area contributed by atoms with Crippen molar-refractivity contribution in [3.63, 3.8) is 0 Å². The van der Waals surface area contributed by atoms with Gasteiger partial charge in [-0.3, -0.25) is 9.69 Å². The molecule has 1 saturated heterocycles. The molecular formula is C17H27N3O. The predicted molar refractivity (Wildman–Crippen MR) is 87.6 cm³/mol. The fourth-order valence-corrected chi connectivity index (χ4v) is 2.88. The van der Waals surface area contributed by atoms with Crippen molar-refractivity contribution in [2.75, 3.05) is 31.5 Å². The van der Waals surface area contributed by atoms with E-state index >= 15 is 0 Å². The van der Waals surface area contributed by atoms with Crippen LogP contribution in [0, 0.1) is 0 Å². The van der Waals surface area contributed by atoms with Gasteiger partial charge in [-0.2, -0.15) is 0 Å². The number of amides is 1. The van der Waals surface area contributed by atoms with Crippen LogP contribution in [0.25, 0.3) is 0 Å². The number of nitrogens with zero attached hydrogens (tertiary/aromatic N) is 1. The van der Waals surface area contributed by atoms with Gasteiger partial charge in [-0.1, -0.05) is 26.0 Å². The summed E-state index contributed by atoms with van der Waals surface area (Å²) in [5.74, 6) is 0.0867. The van der Waals surface area contributed by atoms with Crippen molar-refractivity contribution in [1.82, 2.24) is 10.2 Å². The molecule has 1 aliphatic heterocycles. The van der Waals surface area contributed by atoms with Gasteiger partial charge in [-0.15, -0.1) is 0 Å². The van der Waals surface area contributed by atoms with Crippen LogP contribution in [-0.2, 0) is 11.2 Å². The normalized spacial score (nSPS) is 18.1. The van der Waals surface area contributed by atoms with Gasteiger partial charge in [0.2, 0.25) is 5.91 Å². The lowest BCUT2D eigenvalue weighted by Gasteiger charge is -2.27. The molecule has 4 heteroatoms. The van der Waals surface area contributed by atoms with Gasteiger partial charge in [-0.05, 0) is 50.0 Å². The molecule has 21 heavy (non-hydrogen) atoms. The average Bonchev–Trinajstić information content (AvgIpc) is 3.01. The highest BCUT2D eigenvalue weighted by Crippen LogP contribution is 2.13. The molecule has 0 aliphatic carbocycles. The minimum absolute atomic E-state index is 0.0867. The number of carbonyl (C=O) groups is 1. The summed E-state index contributed by atoms with van der Waals surface area (Å²) in [5.41, 5.74) is 2.15. The zero-order valence-electron chi connectivity index (χ0n) is 13.2. The van der Waals surface area contributed by atoms with Crippen LogP contribution in [-0.4, -0.2) is 43.0 Å². The molecule has 0 radical (unpaired) electrons. The molecule has 1 atom stereocenters. The van der Waals surface area contributed by atoms with Gasteiger partial charge in [0.05, 0.1) is 6.54 Å². The molecule has 116 valence electrons. The van der Waals surface area contributed by atoms with Crippen LogP contribution >= 0.6 is 0 Å². The zero-order chi connectivity index (χ0) is 15.1. The number of anilines is 1. The molecule has 0 saturated carbocycles. The smallest absolute Gasteiger partial charge is 0.238 e. The standard InChI is InChI=1S/C17H27N3O/c1-3-10-20(16-8-9-18-12-16)13-17(21)19-15-7-5-6-14(4-2)11-15/h5-7,11,16,18H,3-4,8-10,12-13H2,1-2H3,(H,19,21). The second-order valence-corrected chi connectivity index (χ2v) is 5.72. The number of hydrogen-bond acceptors (Lipinski definition) is 3. The van der Waals surface area contributed by atoms with Gasteiger partial charge in [-0.25, -0.2) is 0 Å². The number of hydrogen-bond donors (Lipinski definition) is 2. The number of carbonyl (C=O) groups excluding carboxylic acids is 1. The molecule has 4 nitrogen and oxygen atoms in total. The van der Waals surface area contributed by atoms with Crippen LogP contribution in [0.2, 0.25) is 0 Å². The van der Waals surface area contributed by atoms with E-state index in [1.54, 1.807) is 0 Å². The summed E-state index contributed by atoms with van der Waals surface area (Å²) in [6, 6.07) is 8.59. The van der Waals surface area contributed by atoms with Crippen molar-refractivity contribution in [2.24, 2.45) is 0 Å². The minimum Gasteiger partial charge on any atom is -0.325 e. The summed E-state index contributed by atoms with van der Waals surface area (Å²) in [6.07, 6.45) is 3.20. The van der Waals surface area contributed by atoms with Gasteiger partial charge in [0, 0.05) is 18.3 Å². The Morgan fingerprint density at radius 2 is 2.29 bits per heavy atom.